The fourth-order valence-electron chi connectivity index (χ4n) is 0.478. The standard InChI is InChI=1S/C5H11.O.Sn.H/c1-3-5-4-2;;;/h1,3-5H2,2H3;;;. The Morgan fingerprint density at radius 3 is 2.57 bits per heavy atom. The van der Waals surface area contributed by atoms with Gasteiger partial charge in [-0.3, -0.25) is 0 Å². The second kappa shape index (κ2) is 6.60. The zero-order valence-corrected chi connectivity index (χ0v) is 8.11. The van der Waals surface area contributed by atoms with Gasteiger partial charge in [0.05, 0.1) is 0 Å². The molecule has 0 aromatic carbocycles. The van der Waals surface area contributed by atoms with Crippen LogP contribution in [0.5, 0.6) is 0 Å². The third-order valence-corrected chi connectivity index (χ3v) is 2.76. The summed E-state index contributed by atoms with van der Waals surface area (Å²) in [5, 5.41) is 0. The van der Waals surface area contributed by atoms with E-state index in [1.54, 1.807) is 0 Å². The molecule has 0 rings (SSSR count). The Morgan fingerprint density at radius 2 is 2.14 bits per heavy atom. The zero-order chi connectivity index (χ0) is 5.54. The molecular weight excluding hydrogens is 195 g/mol. The average Bonchev–Trinajstić information content (AvgIpc) is 1.69. The van der Waals surface area contributed by atoms with E-state index in [1.807, 2.05) is 0 Å². The third kappa shape index (κ3) is 6.60. The van der Waals surface area contributed by atoms with Gasteiger partial charge in [-0.2, -0.15) is 0 Å². The van der Waals surface area contributed by atoms with Crippen LogP contribution in [0.2, 0.25) is 4.44 Å². The van der Waals surface area contributed by atoms with Crippen LogP contribution in [0.4, 0.5) is 0 Å². The Balaban J connectivity index is 2.56. The summed E-state index contributed by atoms with van der Waals surface area (Å²) in [4.78, 5) is 0. The molecule has 0 atom stereocenters. The van der Waals surface area contributed by atoms with Crippen LogP contribution in [-0.4, -0.2) is 21.1 Å². The summed E-state index contributed by atoms with van der Waals surface area (Å²) < 4.78 is 11.1. The molecule has 0 fully saturated rings. The Bertz CT molecular complexity index is 45.3. The first-order valence-corrected chi connectivity index (χ1v) is 6.53. The van der Waals surface area contributed by atoms with Crippen LogP contribution in [0, 0.1) is 0 Å². The fraction of sp³-hybridized carbons (Fsp3) is 1.00. The molecule has 0 unspecified atom stereocenters. The van der Waals surface area contributed by atoms with Crippen molar-refractivity contribution in [2.24, 2.45) is 0 Å². The van der Waals surface area contributed by atoms with Gasteiger partial charge in [0, 0.05) is 0 Å². The van der Waals surface area contributed by atoms with Gasteiger partial charge in [-0.25, -0.2) is 0 Å². The van der Waals surface area contributed by atoms with Gasteiger partial charge in [-0.05, 0) is 0 Å². The molecule has 7 heavy (non-hydrogen) atoms. The van der Waals surface area contributed by atoms with Gasteiger partial charge >= 0.3 is 54.8 Å². The summed E-state index contributed by atoms with van der Waals surface area (Å²) in [5.74, 6) is 0. The fourth-order valence-corrected chi connectivity index (χ4v) is 1.78. The summed E-state index contributed by atoms with van der Waals surface area (Å²) in [6, 6.07) is 0. The third-order valence-electron chi connectivity index (χ3n) is 0.926. The summed E-state index contributed by atoms with van der Waals surface area (Å²) >= 11 is -1.21. The topological polar surface area (TPSA) is 17.1 Å². The van der Waals surface area contributed by atoms with E-state index in [9.17, 15) is 3.08 Å². The predicted octanol–water partition coefficient (Wildman–Crippen LogP) is 1.38. The molecule has 0 saturated heterocycles. The van der Waals surface area contributed by atoms with E-state index >= 15 is 0 Å². The first kappa shape index (κ1) is 7.60. The van der Waals surface area contributed by atoms with E-state index in [1.165, 1.54) is 19.3 Å². The van der Waals surface area contributed by atoms with Crippen molar-refractivity contribution in [2.45, 2.75) is 30.6 Å². The molecule has 0 heterocycles. The quantitative estimate of drug-likeness (QED) is 0.502. The van der Waals surface area contributed by atoms with E-state index in [0.717, 1.165) is 4.44 Å². The molecule has 0 aliphatic heterocycles. The van der Waals surface area contributed by atoms with Crippen LogP contribution in [0.15, 0.2) is 0 Å². The van der Waals surface area contributed by atoms with Crippen LogP contribution in [0.1, 0.15) is 26.2 Å². The van der Waals surface area contributed by atoms with Gasteiger partial charge in [0.1, 0.15) is 0 Å². The first-order chi connectivity index (χ1) is 3.41. The summed E-state index contributed by atoms with van der Waals surface area (Å²) in [7, 11) is 0. The molecule has 0 aliphatic rings. The Labute approximate surface area is 55.1 Å². The maximum atomic E-state index is 9.99. The molecule has 0 amide bonds. The molecule has 0 aromatic heterocycles. The van der Waals surface area contributed by atoms with Gasteiger partial charge in [-0.1, -0.05) is 0 Å². The Hall–Kier alpha value is 0.599. The molecule has 0 aromatic rings. The van der Waals surface area contributed by atoms with Gasteiger partial charge in [0.2, 0.25) is 0 Å². The molecule has 0 N–H and O–H groups in total. The SMILES string of the molecule is CCCC[CH2][SnH]=[O]. The minimum atomic E-state index is -1.21. The van der Waals surface area contributed by atoms with Crippen molar-refractivity contribution in [3.63, 3.8) is 0 Å². The first-order valence-electron chi connectivity index (χ1n) is 2.85. The number of hydrogen-bond donors (Lipinski definition) is 0. The van der Waals surface area contributed by atoms with E-state index in [2.05, 4.69) is 6.92 Å². The van der Waals surface area contributed by atoms with Crippen molar-refractivity contribution in [1.29, 1.82) is 0 Å². The van der Waals surface area contributed by atoms with Crippen molar-refractivity contribution in [3.8, 4) is 0 Å². The van der Waals surface area contributed by atoms with Gasteiger partial charge in [0.15, 0.2) is 0 Å². The van der Waals surface area contributed by atoms with E-state index < -0.39 is 21.1 Å². The molecular formula is C5H12OSn. The predicted molar refractivity (Wildman–Crippen MR) is 32.2 cm³/mol. The molecule has 0 bridgehead atoms. The molecule has 42 valence electrons. The summed E-state index contributed by atoms with van der Waals surface area (Å²) in [6.45, 7) is 2.16. The van der Waals surface area contributed by atoms with Crippen molar-refractivity contribution in [3.05, 3.63) is 0 Å². The van der Waals surface area contributed by atoms with Crippen LogP contribution in [-0.2, 0) is 3.08 Å². The summed E-state index contributed by atoms with van der Waals surface area (Å²) in [6.07, 6.45) is 3.73. The van der Waals surface area contributed by atoms with Crippen molar-refractivity contribution in [1.82, 2.24) is 0 Å². The van der Waals surface area contributed by atoms with Crippen molar-refractivity contribution in [2.75, 3.05) is 0 Å². The van der Waals surface area contributed by atoms with Crippen molar-refractivity contribution < 1.29 is 3.08 Å². The summed E-state index contributed by atoms with van der Waals surface area (Å²) in [5.41, 5.74) is 0. The Morgan fingerprint density at radius 1 is 1.43 bits per heavy atom. The number of rotatable bonds is 4. The zero-order valence-electron chi connectivity index (χ0n) is 4.81. The normalized spacial score (nSPS) is 8.71. The molecule has 0 radical (unpaired) electrons. The number of unbranched alkanes of at least 4 members (excludes halogenated alkanes) is 2. The molecule has 0 saturated carbocycles. The van der Waals surface area contributed by atoms with Crippen LogP contribution in [0.3, 0.4) is 0 Å². The van der Waals surface area contributed by atoms with Crippen molar-refractivity contribution >= 4 is 21.1 Å². The molecule has 2 heteroatoms. The van der Waals surface area contributed by atoms with Crippen LogP contribution >= 0.6 is 0 Å². The second-order valence-corrected chi connectivity index (χ2v) is 4.26. The van der Waals surface area contributed by atoms with E-state index in [-0.39, 0.29) is 0 Å². The number of hydrogen-bond acceptors (Lipinski definition) is 1. The monoisotopic (exact) mass is 208 g/mol. The van der Waals surface area contributed by atoms with E-state index in [4.69, 9.17) is 0 Å². The second-order valence-electron chi connectivity index (χ2n) is 1.66. The van der Waals surface area contributed by atoms with Crippen LogP contribution < -0.4 is 0 Å². The molecule has 1 nitrogen and oxygen atoms in total. The van der Waals surface area contributed by atoms with Gasteiger partial charge in [0.25, 0.3) is 0 Å². The van der Waals surface area contributed by atoms with Crippen LogP contribution in [0.25, 0.3) is 0 Å². The average molecular weight is 207 g/mol. The maximum absolute atomic E-state index is 9.99. The van der Waals surface area contributed by atoms with Gasteiger partial charge < -0.3 is 0 Å². The Kier molecular flexibility index (Phi) is 7.16. The van der Waals surface area contributed by atoms with E-state index in [0.29, 0.717) is 0 Å². The molecule has 0 spiro atoms. The van der Waals surface area contributed by atoms with Gasteiger partial charge in [-0.15, -0.1) is 0 Å². The molecule has 0 aliphatic carbocycles. The minimum absolute atomic E-state index is 1.06.